The normalized spacial score (nSPS) is 16.4. The van der Waals surface area contributed by atoms with E-state index in [0.29, 0.717) is 11.4 Å². The lowest BCUT2D eigenvalue weighted by molar-refractivity contribution is -0.118. The van der Waals surface area contributed by atoms with Crippen molar-refractivity contribution in [2.45, 2.75) is 0 Å². The molecule has 1 heterocycles. The molecule has 0 unspecified atom stereocenters. The maximum atomic E-state index is 11.7. The predicted molar refractivity (Wildman–Crippen MR) is 70.2 cm³/mol. The van der Waals surface area contributed by atoms with Gasteiger partial charge in [-0.1, -0.05) is 0 Å². The molecule has 2 N–H and O–H groups in total. The van der Waals surface area contributed by atoms with Crippen LogP contribution in [-0.2, 0) is 4.79 Å². The number of urea groups is 1. The van der Waals surface area contributed by atoms with Crippen molar-refractivity contribution in [1.29, 1.82) is 0 Å². The minimum Gasteiger partial charge on any atom is -0.497 e. The molecule has 0 saturated carbocycles. The van der Waals surface area contributed by atoms with Gasteiger partial charge in [-0.15, -0.1) is 0 Å². The molecule has 1 aliphatic rings. The van der Waals surface area contributed by atoms with Crippen molar-refractivity contribution >= 4 is 23.6 Å². The molecule has 1 aromatic rings. The summed E-state index contributed by atoms with van der Waals surface area (Å²) in [6, 6.07) is 6.31. The van der Waals surface area contributed by atoms with E-state index in [9.17, 15) is 9.59 Å². The first-order valence-corrected chi connectivity index (χ1v) is 5.63. The van der Waals surface area contributed by atoms with E-state index in [2.05, 4.69) is 15.6 Å². The Kier molecular flexibility index (Phi) is 3.65. The summed E-state index contributed by atoms with van der Waals surface area (Å²) in [7, 11) is 3.25. The summed E-state index contributed by atoms with van der Waals surface area (Å²) in [6.45, 7) is 0.203. The molecule has 0 aliphatic carbocycles. The SMILES string of the molecule is COc1ccc(NC(=O)N=C2NC(=O)CN2C)cc1. The molecule has 0 radical (unpaired) electrons. The minimum absolute atomic E-state index is 0.182. The molecule has 0 spiro atoms. The monoisotopic (exact) mass is 262 g/mol. The Labute approximate surface area is 110 Å². The number of aliphatic imine (C=N–C) groups is 1. The molecular formula is C12H14N4O3. The molecular weight excluding hydrogens is 248 g/mol. The van der Waals surface area contributed by atoms with Crippen molar-refractivity contribution in [3.05, 3.63) is 24.3 Å². The van der Waals surface area contributed by atoms with Crippen LogP contribution < -0.4 is 15.4 Å². The largest absolute Gasteiger partial charge is 0.497 e. The van der Waals surface area contributed by atoms with Gasteiger partial charge in [0.05, 0.1) is 13.7 Å². The molecule has 0 aromatic heterocycles. The number of likely N-dealkylation sites (N-methyl/N-ethyl adjacent to an activating group) is 1. The van der Waals surface area contributed by atoms with Crippen LogP contribution >= 0.6 is 0 Å². The van der Waals surface area contributed by atoms with Gasteiger partial charge in [0.1, 0.15) is 5.75 Å². The molecule has 19 heavy (non-hydrogen) atoms. The predicted octanol–water partition coefficient (Wildman–Crippen LogP) is 0.645. The number of carbonyl (C=O) groups excluding carboxylic acids is 2. The zero-order valence-corrected chi connectivity index (χ0v) is 10.6. The van der Waals surface area contributed by atoms with Crippen LogP contribution in [0.4, 0.5) is 10.5 Å². The van der Waals surface area contributed by atoms with E-state index < -0.39 is 6.03 Å². The highest BCUT2D eigenvalue weighted by molar-refractivity contribution is 6.09. The van der Waals surface area contributed by atoms with Crippen molar-refractivity contribution in [1.82, 2.24) is 10.2 Å². The van der Waals surface area contributed by atoms with Gasteiger partial charge in [-0.2, -0.15) is 4.99 Å². The van der Waals surface area contributed by atoms with Gasteiger partial charge in [-0.25, -0.2) is 4.79 Å². The lowest BCUT2D eigenvalue weighted by Gasteiger charge is -2.08. The zero-order chi connectivity index (χ0) is 13.8. The molecule has 3 amide bonds. The molecule has 0 bridgehead atoms. The molecule has 1 saturated heterocycles. The Balaban J connectivity index is 2.01. The summed E-state index contributed by atoms with van der Waals surface area (Å²) in [5.41, 5.74) is 0.599. The van der Waals surface area contributed by atoms with Crippen LogP contribution in [0.3, 0.4) is 0 Å². The third-order valence-corrected chi connectivity index (χ3v) is 2.54. The molecule has 7 nitrogen and oxygen atoms in total. The van der Waals surface area contributed by atoms with Crippen LogP contribution in [0.1, 0.15) is 0 Å². The Morgan fingerprint density at radius 3 is 2.63 bits per heavy atom. The van der Waals surface area contributed by atoms with Crippen LogP contribution in [0.15, 0.2) is 29.3 Å². The van der Waals surface area contributed by atoms with E-state index in [1.165, 1.54) is 0 Å². The Bertz CT molecular complexity index is 524. The molecule has 2 rings (SSSR count). The molecule has 1 aromatic carbocycles. The number of nitrogens with one attached hydrogen (secondary N) is 2. The van der Waals surface area contributed by atoms with Gasteiger partial charge in [-0.3, -0.25) is 10.1 Å². The topological polar surface area (TPSA) is 83.0 Å². The number of rotatable bonds is 2. The standard InChI is InChI=1S/C12H14N4O3/c1-16-7-10(17)14-11(16)15-12(18)13-8-3-5-9(19-2)6-4-8/h3-6H,7H2,1-2H3,(H2,13,14,15,17,18). The number of anilines is 1. The number of hydrogen-bond acceptors (Lipinski definition) is 3. The first-order chi connectivity index (χ1) is 9.08. The number of guanidine groups is 1. The van der Waals surface area contributed by atoms with Gasteiger partial charge in [0, 0.05) is 12.7 Å². The van der Waals surface area contributed by atoms with Gasteiger partial charge in [0.25, 0.3) is 0 Å². The van der Waals surface area contributed by atoms with E-state index in [4.69, 9.17) is 4.74 Å². The molecule has 1 fully saturated rings. The number of ether oxygens (including phenoxy) is 1. The van der Waals surface area contributed by atoms with E-state index >= 15 is 0 Å². The van der Waals surface area contributed by atoms with Crippen LogP contribution in [0.2, 0.25) is 0 Å². The third-order valence-electron chi connectivity index (χ3n) is 2.54. The smallest absolute Gasteiger partial charge is 0.348 e. The lowest BCUT2D eigenvalue weighted by Crippen LogP contribution is -2.29. The van der Waals surface area contributed by atoms with Crippen molar-refractivity contribution in [2.24, 2.45) is 4.99 Å². The van der Waals surface area contributed by atoms with E-state index in [-0.39, 0.29) is 18.4 Å². The van der Waals surface area contributed by atoms with Gasteiger partial charge in [0.15, 0.2) is 0 Å². The highest BCUT2D eigenvalue weighted by Crippen LogP contribution is 2.15. The van der Waals surface area contributed by atoms with Gasteiger partial charge < -0.3 is 15.0 Å². The summed E-state index contributed by atoms with van der Waals surface area (Å²) in [5.74, 6) is 0.765. The fourth-order valence-electron chi connectivity index (χ4n) is 1.59. The van der Waals surface area contributed by atoms with E-state index in [0.717, 1.165) is 0 Å². The minimum atomic E-state index is -0.547. The molecule has 1 aliphatic heterocycles. The maximum Gasteiger partial charge on any atom is 0.348 e. The number of hydrogen-bond donors (Lipinski definition) is 2. The van der Waals surface area contributed by atoms with Crippen molar-refractivity contribution in [3.63, 3.8) is 0 Å². The first-order valence-electron chi connectivity index (χ1n) is 5.63. The Morgan fingerprint density at radius 1 is 1.42 bits per heavy atom. The second-order valence-electron chi connectivity index (χ2n) is 4.00. The van der Waals surface area contributed by atoms with Crippen LogP contribution in [0, 0.1) is 0 Å². The quantitative estimate of drug-likeness (QED) is 0.819. The van der Waals surface area contributed by atoms with Crippen molar-refractivity contribution < 1.29 is 14.3 Å². The van der Waals surface area contributed by atoms with Crippen LogP contribution in [-0.4, -0.2) is 43.5 Å². The van der Waals surface area contributed by atoms with Gasteiger partial charge in [0.2, 0.25) is 11.9 Å². The number of methoxy groups -OCH3 is 1. The second kappa shape index (κ2) is 5.38. The molecule has 100 valence electrons. The average molecular weight is 262 g/mol. The van der Waals surface area contributed by atoms with Crippen molar-refractivity contribution in [2.75, 3.05) is 26.0 Å². The third kappa shape index (κ3) is 3.21. The fourth-order valence-corrected chi connectivity index (χ4v) is 1.59. The van der Waals surface area contributed by atoms with Gasteiger partial charge >= 0.3 is 6.03 Å². The maximum absolute atomic E-state index is 11.7. The van der Waals surface area contributed by atoms with Crippen LogP contribution in [0.5, 0.6) is 5.75 Å². The Hall–Kier alpha value is -2.57. The summed E-state index contributed by atoms with van der Waals surface area (Å²) >= 11 is 0. The average Bonchev–Trinajstić information content (AvgIpc) is 2.68. The van der Waals surface area contributed by atoms with Crippen LogP contribution in [0.25, 0.3) is 0 Å². The highest BCUT2D eigenvalue weighted by atomic mass is 16.5. The van der Waals surface area contributed by atoms with Crippen molar-refractivity contribution in [3.8, 4) is 5.75 Å². The second-order valence-corrected chi connectivity index (χ2v) is 4.00. The summed E-state index contributed by atoms with van der Waals surface area (Å²) in [4.78, 5) is 28.1. The number of carbonyl (C=O) groups is 2. The molecule has 0 atom stereocenters. The lowest BCUT2D eigenvalue weighted by atomic mass is 10.3. The number of nitrogens with zero attached hydrogens (tertiary/aromatic N) is 2. The number of amides is 3. The van der Waals surface area contributed by atoms with Gasteiger partial charge in [-0.05, 0) is 24.3 Å². The highest BCUT2D eigenvalue weighted by Gasteiger charge is 2.22. The zero-order valence-electron chi connectivity index (χ0n) is 10.6. The summed E-state index contributed by atoms with van der Waals surface area (Å²) in [6.07, 6.45) is 0. The summed E-state index contributed by atoms with van der Waals surface area (Å²) in [5, 5.41) is 5.09. The number of benzene rings is 1. The van der Waals surface area contributed by atoms with E-state index in [1.807, 2.05) is 0 Å². The van der Waals surface area contributed by atoms with E-state index in [1.54, 1.807) is 43.3 Å². The first kappa shape index (κ1) is 12.9. The molecule has 7 heteroatoms. The summed E-state index contributed by atoms with van der Waals surface area (Å²) < 4.78 is 5.01. The Morgan fingerprint density at radius 2 is 2.11 bits per heavy atom. The fraction of sp³-hybridized carbons (Fsp3) is 0.250.